The number of phenolic OH excluding ortho intramolecular Hbond substituents is 1. The third-order valence-electron chi connectivity index (χ3n) is 2.58. The lowest BCUT2D eigenvalue weighted by molar-refractivity contribution is 0.112. The van der Waals surface area contributed by atoms with Crippen molar-refractivity contribution in [3.05, 3.63) is 23.3 Å². The summed E-state index contributed by atoms with van der Waals surface area (Å²) in [7, 11) is 3.82. The second-order valence-corrected chi connectivity index (χ2v) is 5.19. The summed E-state index contributed by atoms with van der Waals surface area (Å²) in [6, 6.07) is 3.61. The molecule has 0 aliphatic carbocycles. The van der Waals surface area contributed by atoms with E-state index in [1.54, 1.807) is 6.07 Å². The van der Waals surface area contributed by atoms with Gasteiger partial charge in [0.1, 0.15) is 5.75 Å². The van der Waals surface area contributed by atoms with Gasteiger partial charge in [0, 0.05) is 25.3 Å². The number of rotatable bonds is 2. The maximum Gasteiger partial charge on any atom is 0.153 e. The van der Waals surface area contributed by atoms with Crippen LogP contribution in [0.4, 0.5) is 5.69 Å². The van der Waals surface area contributed by atoms with Crippen molar-refractivity contribution in [2.24, 2.45) is 0 Å². The molecule has 16 heavy (non-hydrogen) atoms. The van der Waals surface area contributed by atoms with Gasteiger partial charge >= 0.3 is 0 Å². The van der Waals surface area contributed by atoms with Crippen molar-refractivity contribution in [2.75, 3.05) is 19.0 Å². The van der Waals surface area contributed by atoms with Crippen LogP contribution in [0.25, 0.3) is 0 Å². The molecule has 1 aromatic rings. The lowest BCUT2D eigenvalue weighted by atomic mass is 9.85. The van der Waals surface area contributed by atoms with E-state index in [1.807, 2.05) is 45.8 Å². The van der Waals surface area contributed by atoms with Crippen molar-refractivity contribution in [1.29, 1.82) is 0 Å². The fourth-order valence-corrected chi connectivity index (χ4v) is 1.56. The quantitative estimate of drug-likeness (QED) is 0.780. The summed E-state index contributed by atoms with van der Waals surface area (Å²) in [5.41, 5.74) is 1.87. The molecule has 3 heteroatoms. The number of benzene rings is 1. The van der Waals surface area contributed by atoms with Crippen LogP contribution in [-0.2, 0) is 5.41 Å². The molecule has 0 heterocycles. The summed E-state index contributed by atoms with van der Waals surface area (Å²) in [6.07, 6.45) is 0.692. The molecule has 0 bridgehead atoms. The molecule has 0 spiro atoms. The molecular formula is C13H19NO2. The van der Waals surface area contributed by atoms with E-state index in [2.05, 4.69) is 0 Å². The van der Waals surface area contributed by atoms with Gasteiger partial charge in [-0.1, -0.05) is 20.8 Å². The number of carbonyl (C=O) groups excluding carboxylic acids is 1. The molecule has 0 aliphatic heterocycles. The Kier molecular flexibility index (Phi) is 3.27. The standard InChI is InChI=1S/C13H19NO2/c1-13(2,3)11-7-10(14(4)5)6-9(8-15)12(11)16/h6-8,16H,1-5H3. The summed E-state index contributed by atoms with van der Waals surface area (Å²) in [5, 5.41) is 9.98. The van der Waals surface area contributed by atoms with E-state index in [-0.39, 0.29) is 11.2 Å². The van der Waals surface area contributed by atoms with Crippen LogP contribution < -0.4 is 4.90 Å². The average molecular weight is 221 g/mol. The Bertz CT molecular complexity index is 403. The first kappa shape index (κ1) is 12.6. The highest BCUT2D eigenvalue weighted by Crippen LogP contribution is 2.35. The van der Waals surface area contributed by atoms with Gasteiger partial charge in [0.2, 0.25) is 0 Å². The second kappa shape index (κ2) is 4.16. The monoisotopic (exact) mass is 221 g/mol. The van der Waals surface area contributed by atoms with E-state index in [0.717, 1.165) is 11.3 Å². The molecule has 1 aromatic carbocycles. The first-order valence-electron chi connectivity index (χ1n) is 5.27. The van der Waals surface area contributed by atoms with Gasteiger partial charge in [0.05, 0.1) is 5.56 Å². The maximum atomic E-state index is 10.9. The van der Waals surface area contributed by atoms with E-state index in [0.29, 0.717) is 11.8 Å². The van der Waals surface area contributed by atoms with Gasteiger partial charge in [-0.3, -0.25) is 4.79 Å². The zero-order chi connectivity index (χ0) is 12.5. The molecule has 0 radical (unpaired) electrons. The smallest absolute Gasteiger partial charge is 0.153 e. The van der Waals surface area contributed by atoms with Crippen molar-refractivity contribution in [3.8, 4) is 5.75 Å². The highest BCUT2D eigenvalue weighted by molar-refractivity contribution is 5.83. The number of hydrogen-bond acceptors (Lipinski definition) is 3. The number of carbonyl (C=O) groups is 1. The molecule has 88 valence electrons. The van der Waals surface area contributed by atoms with Crippen LogP contribution in [0.1, 0.15) is 36.7 Å². The predicted molar refractivity (Wildman–Crippen MR) is 66.5 cm³/mol. The lowest BCUT2D eigenvalue weighted by Gasteiger charge is -2.24. The fourth-order valence-electron chi connectivity index (χ4n) is 1.56. The molecule has 0 aliphatic rings. The van der Waals surface area contributed by atoms with Gasteiger partial charge in [-0.25, -0.2) is 0 Å². The van der Waals surface area contributed by atoms with E-state index in [1.165, 1.54) is 0 Å². The number of anilines is 1. The SMILES string of the molecule is CN(C)c1cc(C=O)c(O)c(C(C)(C)C)c1. The fraction of sp³-hybridized carbons (Fsp3) is 0.462. The summed E-state index contributed by atoms with van der Waals surface area (Å²) in [6.45, 7) is 6.03. The molecule has 1 N–H and O–H groups in total. The predicted octanol–water partition coefficient (Wildman–Crippen LogP) is 2.57. The van der Waals surface area contributed by atoms with Crippen molar-refractivity contribution in [2.45, 2.75) is 26.2 Å². The van der Waals surface area contributed by atoms with Gasteiger partial charge in [0.25, 0.3) is 0 Å². The molecule has 0 fully saturated rings. The van der Waals surface area contributed by atoms with Gasteiger partial charge < -0.3 is 10.0 Å². The Balaban J connectivity index is 3.48. The first-order chi connectivity index (χ1) is 7.27. The topological polar surface area (TPSA) is 40.5 Å². The Morgan fingerprint density at radius 1 is 1.25 bits per heavy atom. The van der Waals surface area contributed by atoms with Crippen molar-refractivity contribution >= 4 is 12.0 Å². The summed E-state index contributed by atoms with van der Waals surface area (Å²) >= 11 is 0. The Morgan fingerprint density at radius 3 is 2.19 bits per heavy atom. The minimum atomic E-state index is -0.187. The second-order valence-electron chi connectivity index (χ2n) is 5.19. The highest BCUT2D eigenvalue weighted by Gasteiger charge is 2.21. The number of aromatic hydroxyl groups is 1. The number of aldehydes is 1. The number of hydrogen-bond donors (Lipinski definition) is 1. The summed E-state index contributed by atoms with van der Waals surface area (Å²) in [5.74, 6) is 0.0908. The molecule has 0 atom stereocenters. The van der Waals surface area contributed by atoms with Crippen LogP contribution in [0.2, 0.25) is 0 Å². The van der Waals surface area contributed by atoms with E-state index < -0.39 is 0 Å². The summed E-state index contributed by atoms with van der Waals surface area (Å²) < 4.78 is 0. The van der Waals surface area contributed by atoms with Gasteiger partial charge in [-0.2, -0.15) is 0 Å². The summed E-state index contributed by atoms with van der Waals surface area (Å²) in [4.78, 5) is 12.8. The van der Waals surface area contributed by atoms with Gasteiger partial charge in [0.15, 0.2) is 6.29 Å². The molecule has 1 rings (SSSR count). The zero-order valence-corrected chi connectivity index (χ0v) is 10.5. The first-order valence-corrected chi connectivity index (χ1v) is 5.27. The minimum Gasteiger partial charge on any atom is -0.507 e. The average Bonchev–Trinajstić information content (AvgIpc) is 2.15. The molecule has 0 saturated heterocycles. The lowest BCUT2D eigenvalue weighted by Crippen LogP contribution is -2.15. The van der Waals surface area contributed by atoms with Crippen LogP contribution in [0.3, 0.4) is 0 Å². The van der Waals surface area contributed by atoms with Crippen LogP contribution in [0.15, 0.2) is 12.1 Å². The Hall–Kier alpha value is -1.51. The van der Waals surface area contributed by atoms with Gasteiger partial charge in [-0.05, 0) is 17.5 Å². The van der Waals surface area contributed by atoms with Crippen LogP contribution in [0.5, 0.6) is 5.75 Å². The third-order valence-corrected chi connectivity index (χ3v) is 2.58. The van der Waals surface area contributed by atoms with Gasteiger partial charge in [-0.15, -0.1) is 0 Å². The molecule has 3 nitrogen and oxygen atoms in total. The molecule has 0 aromatic heterocycles. The normalized spacial score (nSPS) is 11.3. The third kappa shape index (κ3) is 2.35. The number of phenols is 1. The van der Waals surface area contributed by atoms with Crippen molar-refractivity contribution in [1.82, 2.24) is 0 Å². The van der Waals surface area contributed by atoms with Crippen LogP contribution in [0, 0.1) is 0 Å². The molecule has 0 saturated carbocycles. The van der Waals surface area contributed by atoms with Crippen LogP contribution >= 0.6 is 0 Å². The Labute approximate surface area is 96.7 Å². The highest BCUT2D eigenvalue weighted by atomic mass is 16.3. The van der Waals surface area contributed by atoms with Crippen molar-refractivity contribution < 1.29 is 9.90 Å². The molecular weight excluding hydrogens is 202 g/mol. The van der Waals surface area contributed by atoms with Crippen molar-refractivity contribution in [3.63, 3.8) is 0 Å². The van der Waals surface area contributed by atoms with E-state index >= 15 is 0 Å². The molecule has 0 amide bonds. The van der Waals surface area contributed by atoms with E-state index in [9.17, 15) is 9.90 Å². The van der Waals surface area contributed by atoms with Crippen LogP contribution in [-0.4, -0.2) is 25.5 Å². The Morgan fingerprint density at radius 2 is 1.81 bits per heavy atom. The maximum absolute atomic E-state index is 10.9. The molecule has 0 unspecified atom stereocenters. The van der Waals surface area contributed by atoms with E-state index in [4.69, 9.17) is 0 Å². The minimum absolute atomic E-state index is 0.0908. The zero-order valence-electron chi connectivity index (χ0n) is 10.5. The largest absolute Gasteiger partial charge is 0.507 e. The number of nitrogens with zero attached hydrogens (tertiary/aromatic N) is 1.